The second-order valence-electron chi connectivity index (χ2n) is 11.3. The molecule has 0 aromatic heterocycles. The van der Waals surface area contributed by atoms with Crippen molar-refractivity contribution in [1.82, 2.24) is 0 Å². The minimum Gasteiger partial charge on any atom is -0.462 e. The predicted molar refractivity (Wildman–Crippen MR) is 144 cm³/mol. The van der Waals surface area contributed by atoms with Crippen LogP contribution in [0.1, 0.15) is 77.6 Å². The molecule has 4 rings (SSSR count). The first-order valence-corrected chi connectivity index (χ1v) is 15.3. The molecule has 5 atom stereocenters. The number of esters is 1. The Labute approximate surface area is 243 Å². The van der Waals surface area contributed by atoms with Crippen LogP contribution in [-0.4, -0.2) is 114 Å². The summed E-state index contributed by atoms with van der Waals surface area (Å²) in [4.78, 5) is 11.9. The van der Waals surface area contributed by atoms with Crippen molar-refractivity contribution in [3.8, 4) is 0 Å². The molecule has 2 aliphatic carbocycles. The van der Waals surface area contributed by atoms with E-state index in [2.05, 4.69) is 0 Å². The molecule has 0 amide bonds. The van der Waals surface area contributed by atoms with Gasteiger partial charge in [-0.3, -0.25) is 0 Å². The van der Waals surface area contributed by atoms with Crippen LogP contribution in [0.5, 0.6) is 0 Å². The van der Waals surface area contributed by atoms with Gasteiger partial charge in [0, 0.05) is 39.2 Å². The maximum Gasteiger partial charge on any atom is 0.332 e. The highest BCUT2D eigenvalue weighted by Crippen LogP contribution is 2.42. The number of hydrogen-bond acceptors (Lipinski definition) is 12. The second kappa shape index (κ2) is 16.8. The summed E-state index contributed by atoms with van der Waals surface area (Å²) < 4.78 is 57.7. The molecule has 0 bridgehead atoms. The third kappa shape index (κ3) is 10.6. The average Bonchev–Trinajstić information content (AvgIpc) is 3.54. The number of rotatable bonds is 17. The lowest BCUT2D eigenvalue weighted by atomic mass is 9.94. The van der Waals surface area contributed by atoms with Gasteiger partial charge in [-0.2, -0.15) is 0 Å². The van der Waals surface area contributed by atoms with Crippen LogP contribution in [0.4, 0.5) is 0 Å². The smallest absolute Gasteiger partial charge is 0.332 e. The van der Waals surface area contributed by atoms with E-state index in [0.29, 0.717) is 52.3 Å². The zero-order chi connectivity index (χ0) is 29.0. The second-order valence-corrected chi connectivity index (χ2v) is 11.3. The van der Waals surface area contributed by atoms with Crippen molar-refractivity contribution in [2.24, 2.45) is 0 Å². The Morgan fingerprint density at radius 3 is 2.39 bits per heavy atom. The molecular formula is C29H50O12. The summed E-state index contributed by atoms with van der Waals surface area (Å²) in [6, 6.07) is 0. The quantitative estimate of drug-likeness (QED) is 0.152. The fourth-order valence-electron chi connectivity index (χ4n) is 5.95. The van der Waals surface area contributed by atoms with Crippen LogP contribution in [0.15, 0.2) is 0 Å². The highest BCUT2D eigenvalue weighted by atomic mass is 16.8. The van der Waals surface area contributed by atoms with Crippen LogP contribution in [0.25, 0.3) is 0 Å². The van der Waals surface area contributed by atoms with Crippen molar-refractivity contribution >= 4 is 5.97 Å². The Kier molecular flexibility index (Phi) is 13.5. The van der Waals surface area contributed by atoms with E-state index in [4.69, 9.17) is 47.4 Å². The molecule has 238 valence electrons. The van der Waals surface area contributed by atoms with Crippen LogP contribution in [0.2, 0.25) is 0 Å². The molecule has 1 spiro atoms. The number of aliphatic hydroxyl groups is 1. The first kappa shape index (κ1) is 33.0. The van der Waals surface area contributed by atoms with E-state index in [1.165, 1.54) is 6.42 Å². The fraction of sp³-hybridized carbons (Fsp3) is 0.966. The lowest BCUT2D eigenvalue weighted by Gasteiger charge is -2.34. The van der Waals surface area contributed by atoms with Gasteiger partial charge in [0.1, 0.15) is 25.4 Å². The molecule has 2 heterocycles. The van der Waals surface area contributed by atoms with Gasteiger partial charge in [-0.25, -0.2) is 4.79 Å². The van der Waals surface area contributed by atoms with Crippen molar-refractivity contribution in [2.75, 3.05) is 60.0 Å². The first-order valence-electron chi connectivity index (χ1n) is 15.3. The molecule has 12 nitrogen and oxygen atoms in total. The normalized spacial score (nSPS) is 30.0. The van der Waals surface area contributed by atoms with E-state index in [1.807, 2.05) is 0 Å². The number of methoxy groups -OCH3 is 1. The lowest BCUT2D eigenvalue weighted by molar-refractivity contribution is -0.301. The highest BCUT2D eigenvalue weighted by Gasteiger charge is 2.52. The van der Waals surface area contributed by atoms with Crippen LogP contribution in [0, 0.1) is 0 Å². The van der Waals surface area contributed by atoms with Crippen molar-refractivity contribution in [3.05, 3.63) is 0 Å². The van der Waals surface area contributed by atoms with Gasteiger partial charge in [0.25, 0.3) is 0 Å². The topological polar surface area (TPSA) is 130 Å². The van der Waals surface area contributed by atoms with Gasteiger partial charge in [0.2, 0.25) is 0 Å². The van der Waals surface area contributed by atoms with Gasteiger partial charge in [-0.05, 0) is 32.6 Å². The summed E-state index contributed by atoms with van der Waals surface area (Å²) >= 11 is 0. The Morgan fingerprint density at radius 1 is 0.927 bits per heavy atom. The molecule has 2 aliphatic heterocycles. The van der Waals surface area contributed by atoms with E-state index < -0.39 is 36.2 Å². The lowest BCUT2D eigenvalue weighted by Crippen LogP contribution is -2.42. The molecule has 1 N–H and O–H groups in total. The maximum atomic E-state index is 11.9. The third-order valence-electron chi connectivity index (χ3n) is 8.03. The molecule has 0 aromatic carbocycles. The van der Waals surface area contributed by atoms with Crippen molar-refractivity contribution in [1.29, 1.82) is 0 Å². The molecule has 2 saturated carbocycles. The van der Waals surface area contributed by atoms with Gasteiger partial charge in [-0.15, -0.1) is 0 Å². The van der Waals surface area contributed by atoms with Gasteiger partial charge in [0.15, 0.2) is 24.2 Å². The molecule has 4 fully saturated rings. The Hall–Kier alpha value is -0.930. The molecule has 2 unspecified atom stereocenters. The van der Waals surface area contributed by atoms with Crippen LogP contribution in [-0.2, 0) is 52.2 Å². The maximum absolute atomic E-state index is 11.9. The summed E-state index contributed by atoms with van der Waals surface area (Å²) in [5.41, 5.74) is 0. The largest absolute Gasteiger partial charge is 0.462 e. The standard InChI is InChI=1S/C29H50O12/c1-22(35-17-18-36-25(30)21-34-16-15-33-14-13-32-2)38-23-19-26(41-28(31)9-5-3-6-10-28)39-27(23)24-20-37-29(40-24)11-7-4-8-12-29/h22-24,26-27,31H,3-21H2,1-2H3/t22?,23-,24?,26-,27+/m1/s1. The molecule has 0 aromatic rings. The zero-order valence-electron chi connectivity index (χ0n) is 24.8. The average molecular weight is 591 g/mol. The Bertz CT molecular complexity index is 754. The number of ether oxygens (including phenoxy) is 10. The minimum atomic E-state index is -1.17. The summed E-state index contributed by atoms with van der Waals surface area (Å²) in [5, 5.41) is 11.0. The Balaban J connectivity index is 1.19. The van der Waals surface area contributed by atoms with E-state index in [1.54, 1.807) is 14.0 Å². The molecule has 0 radical (unpaired) electrons. The molecule has 2 saturated heterocycles. The predicted octanol–water partition coefficient (Wildman–Crippen LogP) is 2.82. The molecule has 41 heavy (non-hydrogen) atoms. The van der Waals surface area contributed by atoms with Crippen LogP contribution in [0.3, 0.4) is 0 Å². The van der Waals surface area contributed by atoms with Crippen molar-refractivity contribution < 1.29 is 57.3 Å². The monoisotopic (exact) mass is 590 g/mol. The summed E-state index contributed by atoms with van der Waals surface area (Å²) in [6.45, 7) is 3.97. The highest BCUT2D eigenvalue weighted by molar-refractivity contribution is 5.70. The van der Waals surface area contributed by atoms with E-state index in [9.17, 15) is 9.90 Å². The third-order valence-corrected chi connectivity index (χ3v) is 8.03. The van der Waals surface area contributed by atoms with Gasteiger partial charge >= 0.3 is 5.97 Å². The number of hydrogen-bond donors (Lipinski definition) is 1. The summed E-state index contributed by atoms with van der Waals surface area (Å²) in [7, 11) is 1.60. The summed E-state index contributed by atoms with van der Waals surface area (Å²) in [6.07, 6.45) is 7.42. The fourth-order valence-corrected chi connectivity index (χ4v) is 5.95. The first-order chi connectivity index (χ1) is 19.9. The van der Waals surface area contributed by atoms with Crippen LogP contribution >= 0.6 is 0 Å². The molecule has 12 heteroatoms. The summed E-state index contributed by atoms with van der Waals surface area (Å²) in [5.74, 6) is -2.18. The molecular weight excluding hydrogens is 540 g/mol. The molecule has 4 aliphatic rings. The Morgan fingerprint density at radius 2 is 1.63 bits per heavy atom. The SMILES string of the molecule is COCCOCCOCC(=O)OCCOC(C)O[C@@H]1C[C@@H](OC2(O)CCCCC2)O[C@@H]1C1COC2(CCCCC2)O1. The van der Waals surface area contributed by atoms with Gasteiger partial charge in [0.05, 0.1) is 45.7 Å². The van der Waals surface area contributed by atoms with E-state index in [-0.39, 0.29) is 32.0 Å². The number of carbonyl (C=O) groups excluding carboxylic acids is 1. The van der Waals surface area contributed by atoms with Crippen LogP contribution < -0.4 is 0 Å². The van der Waals surface area contributed by atoms with E-state index in [0.717, 1.165) is 44.9 Å². The van der Waals surface area contributed by atoms with Crippen molar-refractivity contribution in [3.63, 3.8) is 0 Å². The van der Waals surface area contributed by atoms with Gasteiger partial charge < -0.3 is 52.5 Å². The van der Waals surface area contributed by atoms with E-state index >= 15 is 0 Å². The minimum absolute atomic E-state index is 0.0751. The van der Waals surface area contributed by atoms with Gasteiger partial charge in [-0.1, -0.05) is 12.8 Å². The van der Waals surface area contributed by atoms with Crippen molar-refractivity contribution in [2.45, 2.75) is 120 Å². The number of carbonyl (C=O) groups is 1. The zero-order valence-corrected chi connectivity index (χ0v) is 24.8.